The quantitative estimate of drug-likeness (QED) is 0.208. The molecule has 162 valence electrons. The maximum atomic E-state index is 12.7. The van der Waals surface area contributed by atoms with Gasteiger partial charge in [-0.05, 0) is 12.8 Å². The molecule has 0 aromatic carbocycles. The Morgan fingerprint density at radius 3 is 2.17 bits per heavy atom. The zero-order valence-electron chi connectivity index (χ0n) is 16.5. The second-order valence-electron chi connectivity index (χ2n) is 6.94. The number of hydrogen-bond acceptors (Lipinski definition) is 7. The largest absolute Gasteiger partial charge is 0.480 e. The molecule has 0 spiro atoms. The summed E-state index contributed by atoms with van der Waals surface area (Å²) in [5.74, 6) is -3.38. The lowest BCUT2D eigenvalue weighted by Crippen LogP contribution is -2.59. The minimum Gasteiger partial charge on any atom is -0.480 e. The molecule has 0 aliphatic rings. The highest BCUT2D eigenvalue weighted by atomic mass is 32.1. The number of carboxylic acids is 1. The summed E-state index contributed by atoms with van der Waals surface area (Å²) in [5.41, 5.74) is 6.02. The number of aromatic amines is 1. The van der Waals surface area contributed by atoms with E-state index in [0.717, 1.165) is 0 Å². The molecule has 29 heavy (non-hydrogen) atoms. The Morgan fingerprint density at radius 1 is 1.10 bits per heavy atom. The van der Waals surface area contributed by atoms with Crippen LogP contribution in [0.15, 0.2) is 12.5 Å². The van der Waals surface area contributed by atoms with Crippen LogP contribution in [-0.2, 0) is 25.6 Å². The normalized spacial score (nSPS) is 15.1. The molecule has 0 bridgehead atoms. The zero-order valence-corrected chi connectivity index (χ0v) is 17.4. The van der Waals surface area contributed by atoms with Crippen LogP contribution in [0.5, 0.6) is 0 Å². The Hall–Kier alpha value is -2.60. The van der Waals surface area contributed by atoms with E-state index in [9.17, 15) is 24.3 Å². The summed E-state index contributed by atoms with van der Waals surface area (Å²) in [5, 5.41) is 16.8. The van der Waals surface area contributed by atoms with Crippen LogP contribution in [0.3, 0.4) is 0 Å². The first kappa shape index (κ1) is 24.4. The van der Waals surface area contributed by atoms with Gasteiger partial charge in [0.25, 0.3) is 0 Å². The number of thiol groups is 1. The zero-order chi connectivity index (χ0) is 22.1. The number of carbonyl (C=O) groups excluding carboxylic acids is 3. The van der Waals surface area contributed by atoms with Gasteiger partial charge in [-0.3, -0.25) is 14.4 Å². The SMILES string of the molecule is CC(N)C(=O)NC(CS)C(=O)NC(C(=O)NC(Cc1cnc[nH]1)C(=O)O)C(C)C. The molecule has 11 nitrogen and oxygen atoms in total. The standard InChI is InChI=1S/C17H28N6O5S/c1-8(2)13(23-15(25)12(6-29)22-14(24)9(3)18)16(26)21-11(17(27)28)4-10-5-19-7-20-10/h5,7-9,11-13,29H,4,6,18H2,1-3H3,(H,19,20)(H,21,26)(H,22,24)(H,23,25)(H,27,28). The molecular weight excluding hydrogens is 400 g/mol. The molecule has 3 amide bonds. The smallest absolute Gasteiger partial charge is 0.326 e. The van der Waals surface area contributed by atoms with E-state index in [1.807, 2.05) is 0 Å². The molecule has 0 saturated carbocycles. The lowest BCUT2D eigenvalue weighted by molar-refractivity contribution is -0.142. The van der Waals surface area contributed by atoms with Gasteiger partial charge in [-0.1, -0.05) is 13.8 Å². The van der Waals surface area contributed by atoms with Crippen molar-refractivity contribution in [1.82, 2.24) is 25.9 Å². The summed E-state index contributed by atoms with van der Waals surface area (Å²) in [6.07, 6.45) is 2.87. The summed E-state index contributed by atoms with van der Waals surface area (Å²) in [6.45, 7) is 4.87. The highest BCUT2D eigenvalue weighted by Crippen LogP contribution is 2.06. The molecule has 4 unspecified atom stereocenters. The Labute approximate surface area is 174 Å². The molecule has 4 atom stereocenters. The third kappa shape index (κ3) is 7.74. The van der Waals surface area contributed by atoms with E-state index in [1.54, 1.807) is 13.8 Å². The highest BCUT2D eigenvalue weighted by molar-refractivity contribution is 7.80. The van der Waals surface area contributed by atoms with Crippen molar-refractivity contribution in [1.29, 1.82) is 0 Å². The number of aliphatic carboxylic acids is 1. The van der Waals surface area contributed by atoms with Gasteiger partial charge in [0.2, 0.25) is 17.7 Å². The second kappa shape index (κ2) is 11.4. The minimum atomic E-state index is -1.22. The fourth-order valence-corrected chi connectivity index (χ4v) is 2.62. The van der Waals surface area contributed by atoms with Gasteiger partial charge in [0, 0.05) is 24.1 Å². The van der Waals surface area contributed by atoms with Crippen LogP contribution in [0, 0.1) is 5.92 Å². The Kier molecular flexibility index (Phi) is 9.62. The third-order valence-corrected chi connectivity index (χ3v) is 4.43. The van der Waals surface area contributed by atoms with Gasteiger partial charge in [0.05, 0.1) is 12.4 Å². The number of hydrogen-bond donors (Lipinski definition) is 7. The van der Waals surface area contributed by atoms with Crippen LogP contribution < -0.4 is 21.7 Å². The van der Waals surface area contributed by atoms with Crippen molar-refractivity contribution in [2.24, 2.45) is 11.7 Å². The van der Waals surface area contributed by atoms with E-state index in [1.165, 1.54) is 19.4 Å². The highest BCUT2D eigenvalue weighted by Gasteiger charge is 2.31. The van der Waals surface area contributed by atoms with Crippen LogP contribution in [0.4, 0.5) is 0 Å². The molecule has 12 heteroatoms. The topological polar surface area (TPSA) is 179 Å². The molecule has 0 radical (unpaired) electrons. The fourth-order valence-electron chi connectivity index (χ4n) is 2.36. The van der Waals surface area contributed by atoms with Crippen molar-refractivity contribution >= 4 is 36.3 Å². The van der Waals surface area contributed by atoms with Gasteiger partial charge in [-0.25, -0.2) is 9.78 Å². The summed E-state index contributed by atoms with van der Waals surface area (Å²) in [4.78, 5) is 55.0. The summed E-state index contributed by atoms with van der Waals surface area (Å²) in [7, 11) is 0. The minimum absolute atomic E-state index is 0.00352. The maximum absolute atomic E-state index is 12.7. The van der Waals surface area contributed by atoms with Gasteiger partial charge in [0.15, 0.2) is 0 Å². The van der Waals surface area contributed by atoms with E-state index < -0.39 is 47.9 Å². The second-order valence-corrected chi connectivity index (χ2v) is 7.31. The average Bonchev–Trinajstić information content (AvgIpc) is 3.15. The van der Waals surface area contributed by atoms with Crippen LogP contribution in [0.2, 0.25) is 0 Å². The molecule has 1 rings (SSSR count). The number of nitrogens with zero attached hydrogens (tertiary/aromatic N) is 1. The van der Waals surface area contributed by atoms with Gasteiger partial charge in [-0.2, -0.15) is 12.6 Å². The Bertz CT molecular complexity index is 709. The van der Waals surface area contributed by atoms with Crippen LogP contribution in [0.25, 0.3) is 0 Å². The van der Waals surface area contributed by atoms with Crippen LogP contribution >= 0.6 is 12.6 Å². The van der Waals surface area contributed by atoms with Crippen molar-refractivity contribution in [3.05, 3.63) is 18.2 Å². The summed E-state index contributed by atoms with van der Waals surface area (Å²) >= 11 is 4.05. The summed E-state index contributed by atoms with van der Waals surface area (Å²) < 4.78 is 0. The van der Waals surface area contributed by atoms with Crippen molar-refractivity contribution in [2.75, 3.05) is 5.75 Å². The van der Waals surface area contributed by atoms with Crippen molar-refractivity contribution in [2.45, 2.75) is 51.4 Å². The van der Waals surface area contributed by atoms with Gasteiger partial charge in [0.1, 0.15) is 18.1 Å². The van der Waals surface area contributed by atoms with E-state index in [4.69, 9.17) is 5.73 Å². The molecule has 1 aromatic heterocycles. The van der Waals surface area contributed by atoms with Gasteiger partial charge < -0.3 is 31.8 Å². The predicted octanol–water partition coefficient (Wildman–Crippen LogP) is -1.58. The van der Waals surface area contributed by atoms with Gasteiger partial charge in [-0.15, -0.1) is 0 Å². The Morgan fingerprint density at radius 2 is 1.72 bits per heavy atom. The van der Waals surface area contributed by atoms with E-state index in [2.05, 4.69) is 38.5 Å². The first-order valence-electron chi connectivity index (χ1n) is 9.04. The van der Waals surface area contributed by atoms with Crippen LogP contribution in [-0.4, -0.2) is 68.7 Å². The molecule has 0 fully saturated rings. The molecule has 0 saturated heterocycles. The number of amides is 3. The number of carbonyl (C=O) groups is 4. The van der Waals surface area contributed by atoms with Crippen molar-refractivity contribution in [3.63, 3.8) is 0 Å². The monoisotopic (exact) mass is 428 g/mol. The van der Waals surface area contributed by atoms with Crippen molar-refractivity contribution in [3.8, 4) is 0 Å². The molecule has 1 heterocycles. The number of rotatable bonds is 11. The number of imidazole rings is 1. The number of aromatic nitrogens is 2. The molecule has 1 aromatic rings. The molecular formula is C17H28N6O5S. The first-order chi connectivity index (χ1) is 13.6. The lowest BCUT2D eigenvalue weighted by atomic mass is 10.0. The summed E-state index contributed by atoms with van der Waals surface area (Å²) in [6, 6.07) is -4.03. The lowest BCUT2D eigenvalue weighted by Gasteiger charge is -2.26. The van der Waals surface area contributed by atoms with Crippen LogP contribution in [0.1, 0.15) is 26.5 Å². The predicted molar refractivity (Wildman–Crippen MR) is 108 cm³/mol. The van der Waals surface area contributed by atoms with E-state index >= 15 is 0 Å². The Balaban J connectivity index is 2.83. The molecule has 0 aliphatic heterocycles. The number of nitrogens with one attached hydrogen (secondary N) is 4. The van der Waals surface area contributed by atoms with E-state index in [0.29, 0.717) is 5.69 Å². The average molecular weight is 429 g/mol. The van der Waals surface area contributed by atoms with Gasteiger partial charge >= 0.3 is 5.97 Å². The maximum Gasteiger partial charge on any atom is 0.326 e. The fraction of sp³-hybridized carbons (Fsp3) is 0.588. The third-order valence-electron chi connectivity index (χ3n) is 4.07. The number of nitrogens with two attached hydrogens (primary N) is 1. The number of carboxylic acid groups (broad SMARTS) is 1. The van der Waals surface area contributed by atoms with E-state index in [-0.39, 0.29) is 18.1 Å². The molecule has 0 aliphatic carbocycles. The number of H-pyrrole nitrogens is 1. The van der Waals surface area contributed by atoms with Crippen molar-refractivity contribution < 1.29 is 24.3 Å². The molecule has 7 N–H and O–H groups in total. The first-order valence-corrected chi connectivity index (χ1v) is 9.67.